The molecule has 2 saturated heterocycles. The van der Waals surface area contributed by atoms with E-state index < -0.39 is 5.41 Å². The van der Waals surface area contributed by atoms with Crippen molar-refractivity contribution < 1.29 is 19.4 Å². The van der Waals surface area contributed by atoms with E-state index in [1.165, 1.54) is 0 Å². The van der Waals surface area contributed by atoms with Gasteiger partial charge in [-0.05, 0) is 68.4 Å². The number of benzene rings is 2. The maximum Gasteiger partial charge on any atom is 0.227 e. The molecule has 2 amide bonds. The molecule has 4 rings (SSSR count). The van der Waals surface area contributed by atoms with Gasteiger partial charge < -0.3 is 19.6 Å². The van der Waals surface area contributed by atoms with E-state index in [0.717, 1.165) is 40.3 Å². The largest absolute Gasteiger partial charge is 0.493 e. The number of halogens is 1. The van der Waals surface area contributed by atoms with Gasteiger partial charge in [-0.2, -0.15) is 0 Å². The third kappa shape index (κ3) is 6.60. The van der Waals surface area contributed by atoms with Crippen LogP contribution in [0.15, 0.2) is 42.5 Å². The quantitative estimate of drug-likeness (QED) is 0.590. The van der Waals surface area contributed by atoms with Crippen molar-refractivity contribution in [3.8, 4) is 5.75 Å². The Morgan fingerprint density at radius 1 is 1.03 bits per heavy atom. The summed E-state index contributed by atoms with van der Waals surface area (Å²) in [6.45, 7) is 6.59. The van der Waals surface area contributed by atoms with E-state index in [1.807, 2.05) is 66.1 Å². The first-order valence-electron chi connectivity index (χ1n) is 12.9. The Bertz CT molecular complexity index is 1050. The van der Waals surface area contributed by atoms with Gasteiger partial charge >= 0.3 is 0 Å². The second-order valence-electron chi connectivity index (χ2n) is 10.5. The van der Waals surface area contributed by atoms with Crippen molar-refractivity contribution in [1.82, 2.24) is 9.80 Å². The molecule has 1 N–H and O–H groups in total. The molecule has 0 radical (unpaired) electrons. The van der Waals surface area contributed by atoms with Crippen LogP contribution >= 0.6 is 11.6 Å². The number of aliphatic hydroxyl groups excluding tert-OH is 1. The number of carbonyl (C=O) groups excluding carboxylic acids is 2. The Hall–Kier alpha value is -2.57. The summed E-state index contributed by atoms with van der Waals surface area (Å²) in [5.41, 5.74) is 2.42. The van der Waals surface area contributed by atoms with Gasteiger partial charge in [0.2, 0.25) is 11.8 Å². The molecule has 36 heavy (non-hydrogen) atoms. The van der Waals surface area contributed by atoms with Crippen LogP contribution in [0.5, 0.6) is 5.75 Å². The number of ether oxygens (including phenoxy) is 1. The third-order valence-corrected chi connectivity index (χ3v) is 8.11. The molecule has 1 unspecified atom stereocenters. The van der Waals surface area contributed by atoms with Crippen molar-refractivity contribution in [2.75, 3.05) is 32.8 Å². The fourth-order valence-electron chi connectivity index (χ4n) is 5.39. The number of rotatable bonds is 7. The number of likely N-dealkylation sites (tertiary alicyclic amines) is 2. The van der Waals surface area contributed by atoms with Gasteiger partial charge in [0.1, 0.15) is 5.75 Å². The second-order valence-corrected chi connectivity index (χ2v) is 10.9. The Labute approximate surface area is 219 Å². The minimum atomic E-state index is -0.473. The summed E-state index contributed by atoms with van der Waals surface area (Å²) in [5.74, 6) is 0.887. The molecule has 2 aliphatic heterocycles. The number of piperidine rings is 2. The number of hydrogen-bond acceptors (Lipinski definition) is 4. The molecule has 0 bridgehead atoms. The first kappa shape index (κ1) is 26.5. The summed E-state index contributed by atoms with van der Waals surface area (Å²) in [6.07, 6.45) is 3.21. The minimum absolute atomic E-state index is 0.0753. The smallest absolute Gasteiger partial charge is 0.227 e. The number of nitrogens with zero attached hydrogens (tertiary/aromatic N) is 2. The summed E-state index contributed by atoms with van der Waals surface area (Å²) >= 11 is 6.34. The Morgan fingerprint density at radius 2 is 1.69 bits per heavy atom. The normalized spacial score (nSPS) is 20.9. The van der Waals surface area contributed by atoms with Gasteiger partial charge in [0.25, 0.3) is 0 Å². The lowest BCUT2D eigenvalue weighted by atomic mass is 9.77. The van der Waals surface area contributed by atoms with E-state index >= 15 is 0 Å². The van der Waals surface area contributed by atoms with Crippen LogP contribution in [0.4, 0.5) is 0 Å². The van der Waals surface area contributed by atoms with Gasteiger partial charge in [-0.1, -0.05) is 41.9 Å². The first-order chi connectivity index (χ1) is 17.2. The average molecular weight is 513 g/mol. The maximum atomic E-state index is 13.4. The van der Waals surface area contributed by atoms with E-state index in [1.54, 1.807) is 0 Å². The second kappa shape index (κ2) is 11.7. The van der Waals surface area contributed by atoms with Crippen LogP contribution in [0.3, 0.4) is 0 Å². The summed E-state index contributed by atoms with van der Waals surface area (Å²) < 4.78 is 6.31. The van der Waals surface area contributed by atoms with Gasteiger partial charge in [-0.15, -0.1) is 0 Å². The molecule has 2 aliphatic rings. The van der Waals surface area contributed by atoms with E-state index in [-0.39, 0.29) is 17.9 Å². The van der Waals surface area contributed by atoms with Crippen LogP contribution in [0.2, 0.25) is 5.02 Å². The predicted octanol–water partition coefficient (Wildman–Crippen LogP) is 4.56. The molecule has 2 aromatic rings. The topological polar surface area (TPSA) is 70.1 Å². The number of amides is 2. The van der Waals surface area contributed by atoms with E-state index in [4.69, 9.17) is 16.3 Å². The van der Waals surface area contributed by atoms with E-state index in [0.29, 0.717) is 58.5 Å². The fraction of sp³-hybridized carbons (Fsp3) is 0.517. The molecular formula is C29H37ClN2O4. The molecule has 6 nitrogen and oxygen atoms in total. The SMILES string of the molecule is Cc1cc(OCC2(CC(=O)N3CCC(O)CC3)CCCN(C(=O)Cc3ccccc3)C2)cc(C)c1Cl. The monoisotopic (exact) mass is 512 g/mol. The summed E-state index contributed by atoms with van der Waals surface area (Å²) in [6, 6.07) is 13.6. The number of aliphatic hydroxyl groups is 1. The molecule has 2 heterocycles. The third-order valence-electron chi connectivity index (χ3n) is 7.51. The summed E-state index contributed by atoms with van der Waals surface area (Å²) in [4.78, 5) is 30.4. The maximum absolute atomic E-state index is 13.4. The van der Waals surface area contributed by atoms with Crippen molar-refractivity contribution in [2.24, 2.45) is 5.41 Å². The molecule has 194 valence electrons. The molecular weight excluding hydrogens is 476 g/mol. The van der Waals surface area contributed by atoms with Crippen molar-refractivity contribution in [3.63, 3.8) is 0 Å². The van der Waals surface area contributed by atoms with Gasteiger partial charge in [-0.25, -0.2) is 0 Å². The highest BCUT2D eigenvalue weighted by Crippen LogP contribution is 2.36. The lowest BCUT2D eigenvalue weighted by Crippen LogP contribution is -2.52. The Balaban J connectivity index is 1.51. The highest BCUT2D eigenvalue weighted by atomic mass is 35.5. The van der Waals surface area contributed by atoms with E-state index in [9.17, 15) is 14.7 Å². The van der Waals surface area contributed by atoms with Gasteiger partial charge in [0, 0.05) is 43.0 Å². The van der Waals surface area contributed by atoms with Gasteiger partial charge in [-0.3, -0.25) is 9.59 Å². The van der Waals surface area contributed by atoms with Crippen LogP contribution in [0.25, 0.3) is 0 Å². The zero-order valence-electron chi connectivity index (χ0n) is 21.3. The summed E-state index contributed by atoms with van der Waals surface area (Å²) in [7, 11) is 0. The van der Waals surface area contributed by atoms with Crippen molar-refractivity contribution in [1.29, 1.82) is 0 Å². The van der Waals surface area contributed by atoms with Crippen LogP contribution in [0, 0.1) is 19.3 Å². The van der Waals surface area contributed by atoms with Crippen LogP contribution < -0.4 is 4.74 Å². The molecule has 2 aromatic carbocycles. The lowest BCUT2D eigenvalue weighted by Gasteiger charge is -2.43. The standard InChI is InChI=1S/C29H37ClN2O4/c1-21-15-25(16-22(2)28(21)30)36-20-29(18-27(35)31-13-9-24(33)10-14-31)11-6-12-32(19-29)26(34)17-23-7-4-3-5-8-23/h3-5,7-8,15-16,24,33H,6,9-14,17-20H2,1-2H3. The first-order valence-corrected chi connectivity index (χ1v) is 13.3. The predicted molar refractivity (Wildman–Crippen MR) is 141 cm³/mol. The molecule has 0 saturated carbocycles. The molecule has 0 spiro atoms. The van der Waals surface area contributed by atoms with Crippen LogP contribution in [-0.2, 0) is 16.0 Å². The molecule has 0 aliphatic carbocycles. The molecule has 7 heteroatoms. The number of carbonyl (C=O) groups is 2. The fourth-order valence-corrected chi connectivity index (χ4v) is 5.50. The van der Waals surface area contributed by atoms with Crippen molar-refractivity contribution >= 4 is 23.4 Å². The zero-order chi connectivity index (χ0) is 25.7. The highest BCUT2D eigenvalue weighted by Gasteiger charge is 2.41. The van der Waals surface area contributed by atoms with Crippen molar-refractivity contribution in [3.05, 3.63) is 64.2 Å². The Morgan fingerprint density at radius 3 is 2.36 bits per heavy atom. The lowest BCUT2D eigenvalue weighted by molar-refractivity contribution is -0.142. The number of hydrogen-bond donors (Lipinski definition) is 1. The minimum Gasteiger partial charge on any atom is -0.493 e. The average Bonchev–Trinajstić information content (AvgIpc) is 2.87. The van der Waals surface area contributed by atoms with Crippen LogP contribution in [0.1, 0.15) is 48.8 Å². The van der Waals surface area contributed by atoms with E-state index in [2.05, 4.69) is 0 Å². The molecule has 2 fully saturated rings. The van der Waals surface area contributed by atoms with Crippen LogP contribution in [-0.4, -0.2) is 65.6 Å². The highest BCUT2D eigenvalue weighted by molar-refractivity contribution is 6.32. The zero-order valence-corrected chi connectivity index (χ0v) is 22.1. The summed E-state index contributed by atoms with van der Waals surface area (Å²) in [5, 5.41) is 10.6. The number of aryl methyl sites for hydroxylation is 2. The molecule has 0 aromatic heterocycles. The van der Waals surface area contributed by atoms with Crippen molar-refractivity contribution in [2.45, 2.75) is 58.5 Å². The molecule has 1 atom stereocenters. The van der Waals surface area contributed by atoms with Gasteiger partial charge in [0.05, 0.1) is 19.1 Å². The van der Waals surface area contributed by atoms with Gasteiger partial charge in [0.15, 0.2) is 0 Å². The Kier molecular flexibility index (Phi) is 8.58.